The van der Waals surface area contributed by atoms with E-state index in [2.05, 4.69) is 15.1 Å². The van der Waals surface area contributed by atoms with E-state index in [-0.39, 0.29) is 12.8 Å². The molecule has 21 heavy (non-hydrogen) atoms. The summed E-state index contributed by atoms with van der Waals surface area (Å²) in [5.41, 5.74) is 1.45. The van der Waals surface area contributed by atoms with Gasteiger partial charge in [-0.2, -0.15) is 4.91 Å². The predicted molar refractivity (Wildman–Crippen MR) is 77.9 cm³/mol. The topological polar surface area (TPSA) is 92.5 Å². The van der Waals surface area contributed by atoms with Gasteiger partial charge in [0.1, 0.15) is 6.04 Å². The molecule has 1 aromatic heterocycles. The van der Waals surface area contributed by atoms with Gasteiger partial charge < -0.3 is 5.11 Å². The fourth-order valence-electron chi connectivity index (χ4n) is 1.86. The van der Waals surface area contributed by atoms with E-state index >= 15 is 0 Å². The molecule has 108 valence electrons. The molecule has 0 saturated carbocycles. The summed E-state index contributed by atoms with van der Waals surface area (Å²) in [5, 5.41) is 12.1. The molecule has 2 rings (SSSR count). The molecule has 0 aliphatic carbocycles. The maximum absolute atomic E-state index is 10.8. The average molecular weight is 306 g/mol. The number of carbonyl (C=O) groups is 1. The van der Waals surface area contributed by atoms with Crippen LogP contribution in [0.2, 0.25) is 5.02 Å². The Morgan fingerprint density at radius 1 is 1.24 bits per heavy atom. The molecular formula is C14H12ClN3O3. The van der Waals surface area contributed by atoms with Gasteiger partial charge in [0.25, 0.3) is 0 Å². The fourth-order valence-corrected chi connectivity index (χ4v) is 1.95. The highest BCUT2D eigenvalue weighted by Gasteiger charge is 2.14. The number of nitrogens with zero attached hydrogens (tertiary/aromatic N) is 3. The lowest BCUT2D eigenvalue weighted by Gasteiger charge is -2.08. The molecule has 1 aromatic carbocycles. The lowest BCUT2D eigenvalue weighted by molar-refractivity contribution is -0.137. The molecule has 0 aliphatic heterocycles. The first kappa shape index (κ1) is 15.1. The Morgan fingerprint density at radius 3 is 2.38 bits per heavy atom. The van der Waals surface area contributed by atoms with Gasteiger partial charge in [0, 0.05) is 24.4 Å². The Hall–Kier alpha value is -2.34. The molecular weight excluding hydrogens is 294 g/mol. The van der Waals surface area contributed by atoms with Crippen molar-refractivity contribution in [2.24, 2.45) is 5.18 Å². The molecule has 6 nitrogen and oxygen atoms in total. The number of hydrogen-bond donors (Lipinski definition) is 1. The predicted octanol–water partition coefficient (Wildman–Crippen LogP) is 3.47. The third-order valence-corrected chi connectivity index (χ3v) is 3.13. The fraction of sp³-hybridized carbons (Fsp3) is 0.214. The van der Waals surface area contributed by atoms with E-state index in [1.54, 1.807) is 24.3 Å². The molecule has 0 fully saturated rings. The highest BCUT2D eigenvalue weighted by Crippen LogP contribution is 2.25. The van der Waals surface area contributed by atoms with Crippen molar-refractivity contribution in [2.75, 3.05) is 0 Å². The monoisotopic (exact) mass is 305 g/mol. The molecule has 0 radical (unpaired) electrons. The molecule has 0 spiro atoms. The third kappa shape index (κ3) is 4.06. The number of benzene rings is 1. The van der Waals surface area contributed by atoms with Crippen LogP contribution in [0.15, 0.2) is 41.8 Å². The standard InChI is InChI=1S/C14H12ClN3O3/c15-11-7-16-14(17-8-11)10-3-1-9(2-4-10)12(18-21)5-6-13(19)20/h1-4,7-8,12H,5-6H2,(H,19,20). The van der Waals surface area contributed by atoms with Crippen LogP contribution in [0.4, 0.5) is 0 Å². The zero-order valence-electron chi connectivity index (χ0n) is 10.9. The van der Waals surface area contributed by atoms with Crippen LogP contribution in [-0.4, -0.2) is 21.0 Å². The van der Waals surface area contributed by atoms with E-state index in [0.717, 1.165) is 5.56 Å². The van der Waals surface area contributed by atoms with Crippen molar-refractivity contribution >= 4 is 17.6 Å². The second kappa shape index (κ2) is 6.90. The summed E-state index contributed by atoms with van der Waals surface area (Å²) in [6.45, 7) is 0. The first-order valence-corrected chi connectivity index (χ1v) is 6.60. The molecule has 1 heterocycles. The summed E-state index contributed by atoms with van der Waals surface area (Å²) in [6.07, 6.45) is 3.08. The Kier molecular flexibility index (Phi) is 4.94. The Balaban J connectivity index is 2.15. The summed E-state index contributed by atoms with van der Waals surface area (Å²) in [7, 11) is 0. The van der Waals surface area contributed by atoms with Crippen LogP contribution >= 0.6 is 11.6 Å². The molecule has 7 heteroatoms. The smallest absolute Gasteiger partial charge is 0.303 e. The van der Waals surface area contributed by atoms with Crippen LogP contribution in [0.25, 0.3) is 11.4 Å². The van der Waals surface area contributed by atoms with E-state index in [4.69, 9.17) is 16.7 Å². The minimum Gasteiger partial charge on any atom is -0.481 e. The largest absolute Gasteiger partial charge is 0.481 e. The van der Waals surface area contributed by atoms with Crippen LogP contribution in [-0.2, 0) is 4.79 Å². The number of carboxylic acid groups (broad SMARTS) is 1. The summed E-state index contributed by atoms with van der Waals surface area (Å²) in [6, 6.07) is 6.30. The van der Waals surface area contributed by atoms with Crippen molar-refractivity contribution in [3.05, 3.63) is 52.2 Å². The van der Waals surface area contributed by atoms with Gasteiger partial charge in [0.15, 0.2) is 5.82 Å². The maximum atomic E-state index is 10.8. The van der Waals surface area contributed by atoms with Crippen LogP contribution in [0, 0.1) is 4.91 Å². The van der Waals surface area contributed by atoms with E-state index in [0.29, 0.717) is 16.4 Å². The third-order valence-electron chi connectivity index (χ3n) is 2.93. The van der Waals surface area contributed by atoms with Gasteiger partial charge >= 0.3 is 5.97 Å². The zero-order valence-corrected chi connectivity index (χ0v) is 11.7. The molecule has 1 N–H and O–H groups in total. The number of aliphatic carboxylic acids is 1. The lowest BCUT2D eigenvalue weighted by atomic mass is 10.0. The Bertz CT molecular complexity index is 629. The number of aromatic nitrogens is 2. The van der Waals surface area contributed by atoms with Crippen LogP contribution in [0.1, 0.15) is 24.4 Å². The van der Waals surface area contributed by atoms with Crippen molar-refractivity contribution in [3.8, 4) is 11.4 Å². The van der Waals surface area contributed by atoms with Crippen molar-refractivity contribution < 1.29 is 9.90 Å². The Morgan fingerprint density at radius 2 is 1.86 bits per heavy atom. The van der Waals surface area contributed by atoms with E-state index in [1.165, 1.54) is 12.4 Å². The van der Waals surface area contributed by atoms with Gasteiger partial charge in [-0.05, 0) is 12.0 Å². The minimum atomic E-state index is -0.949. The highest BCUT2D eigenvalue weighted by molar-refractivity contribution is 6.30. The van der Waals surface area contributed by atoms with E-state index in [1.807, 2.05) is 0 Å². The number of carboxylic acids is 1. The van der Waals surface area contributed by atoms with Crippen LogP contribution < -0.4 is 0 Å². The minimum absolute atomic E-state index is 0.0988. The molecule has 0 saturated heterocycles. The lowest BCUT2D eigenvalue weighted by Crippen LogP contribution is -2.01. The first-order chi connectivity index (χ1) is 10.1. The SMILES string of the molecule is O=NC(CCC(=O)O)c1ccc(-c2ncc(Cl)cn2)cc1. The molecule has 0 amide bonds. The molecule has 0 aliphatic rings. The molecule has 0 bridgehead atoms. The van der Waals surface area contributed by atoms with Crippen molar-refractivity contribution in [1.82, 2.24) is 9.97 Å². The molecule has 2 aromatic rings. The normalized spacial score (nSPS) is 11.9. The summed E-state index contributed by atoms with van der Waals surface area (Å²) < 4.78 is 0. The highest BCUT2D eigenvalue weighted by atomic mass is 35.5. The summed E-state index contributed by atoms with van der Waals surface area (Å²) >= 11 is 5.72. The zero-order chi connectivity index (χ0) is 15.2. The van der Waals surface area contributed by atoms with Crippen LogP contribution in [0.5, 0.6) is 0 Å². The van der Waals surface area contributed by atoms with Gasteiger partial charge in [-0.1, -0.05) is 41.0 Å². The number of hydrogen-bond acceptors (Lipinski definition) is 5. The first-order valence-electron chi connectivity index (χ1n) is 6.22. The number of rotatable bonds is 6. The van der Waals surface area contributed by atoms with Gasteiger partial charge in [0.2, 0.25) is 0 Å². The number of nitroso groups, excluding NO2 is 1. The average Bonchev–Trinajstić information content (AvgIpc) is 2.49. The molecule has 1 atom stereocenters. The summed E-state index contributed by atoms with van der Waals surface area (Å²) in [4.78, 5) is 29.6. The summed E-state index contributed by atoms with van der Waals surface area (Å²) in [5.74, 6) is -0.429. The number of halogens is 1. The molecule has 1 unspecified atom stereocenters. The van der Waals surface area contributed by atoms with Crippen molar-refractivity contribution in [3.63, 3.8) is 0 Å². The maximum Gasteiger partial charge on any atom is 0.303 e. The second-order valence-corrected chi connectivity index (χ2v) is 4.84. The van der Waals surface area contributed by atoms with Gasteiger partial charge in [0.05, 0.1) is 5.02 Å². The van der Waals surface area contributed by atoms with E-state index < -0.39 is 12.0 Å². The van der Waals surface area contributed by atoms with Gasteiger partial charge in [-0.3, -0.25) is 4.79 Å². The second-order valence-electron chi connectivity index (χ2n) is 4.40. The van der Waals surface area contributed by atoms with Crippen molar-refractivity contribution in [1.29, 1.82) is 0 Å². The quantitative estimate of drug-likeness (QED) is 0.825. The van der Waals surface area contributed by atoms with Crippen LogP contribution in [0.3, 0.4) is 0 Å². The van der Waals surface area contributed by atoms with Gasteiger partial charge in [-0.15, -0.1) is 0 Å². The van der Waals surface area contributed by atoms with Gasteiger partial charge in [-0.25, -0.2) is 9.97 Å². The Labute approximate surface area is 125 Å². The van der Waals surface area contributed by atoms with E-state index in [9.17, 15) is 9.70 Å². The van der Waals surface area contributed by atoms with Crippen molar-refractivity contribution in [2.45, 2.75) is 18.9 Å².